The van der Waals surface area contributed by atoms with Crippen molar-refractivity contribution >= 4 is 34.2 Å². The third kappa shape index (κ3) is 2.86. The normalized spacial score (nSPS) is 12.6. The Morgan fingerprint density at radius 2 is 2.04 bits per heavy atom. The first-order valence-corrected chi connectivity index (χ1v) is 8.75. The van der Waals surface area contributed by atoms with Gasteiger partial charge in [0.1, 0.15) is 5.69 Å². The van der Waals surface area contributed by atoms with Crippen molar-refractivity contribution in [2.75, 3.05) is 0 Å². The Morgan fingerprint density at radius 3 is 2.77 bits per heavy atom. The van der Waals surface area contributed by atoms with Gasteiger partial charge in [0.05, 0.1) is 10.9 Å². The minimum atomic E-state index is -1.01. The van der Waals surface area contributed by atoms with Gasteiger partial charge in [-0.25, -0.2) is 18.3 Å². The smallest absolute Gasteiger partial charge is 0.272 e. The van der Waals surface area contributed by atoms with Crippen LogP contribution in [0.1, 0.15) is 16.5 Å². The minimum Gasteiger partial charge on any atom is -0.448 e. The molecule has 1 unspecified atom stereocenters. The molecule has 0 fully saturated rings. The van der Waals surface area contributed by atoms with Crippen LogP contribution in [0.15, 0.2) is 56.3 Å². The van der Waals surface area contributed by atoms with E-state index < -0.39 is 22.4 Å². The summed E-state index contributed by atoms with van der Waals surface area (Å²) in [7, 11) is 0. The number of aromatic nitrogens is 3. The molecule has 0 saturated heterocycles. The van der Waals surface area contributed by atoms with Gasteiger partial charge in [0, 0.05) is 17.7 Å². The summed E-state index contributed by atoms with van der Waals surface area (Å²) in [4.78, 5) is 16.7. The van der Waals surface area contributed by atoms with Crippen LogP contribution in [0.4, 0.5) is 8.78 Å². The first-order chi connectivity index (χ1) is 12.4. The van der Waals surface area contributed by atoms with Gasteiger partial charge in [0.15, 0.2) is 27.7 Å². The van der Waals surface area contributed by atoms with Crippen LogP contribution < -0.4 is 5.56 Å². The van der Waals surface area contributed by atoms with Crippen LogP contribution in [-0.4, -0.2) is 14.6 Å². The lowest BCUT2D eigenvalue weighted by molar-refractivity contribution is 0.500. The van der Waals surface area contributed by atoms with Crippen molar-refractivity contribution in [2.24, 2.45) is 0 Å². The molecule has 1 aromatic carbocycles. The quantitative estimate of drug-likeness (QED) is 0.468. The van der Waals surface area contributed by atoms with E-state index in [9.17, 15) is 13.6 Å². The van der Waals surface area contributed by atoms with E-state index in [1.807, 2.05) is 0 Å². The van der Waals surface area contributed by atoms with Gasteiger partial charge in [-0.2, -0.15) is 12.6 Å². The van der Waals surface area contributed by atoms with Crippen molar-refractivity contribution < 1.29 is 13.2 Å². The summed E-state index contributed by atoms with van der Waals surface area (Å²) in [6.45, 7) is 0. The van der Waals surface area contributed by atoms with Gasteiger partial charge in [-0.15, -0.1) is 0 Å². The third-order valence-corrected chi connectivity index (χ3v) is 4.83. The molecule has 0 radical (unpaired) electrons. The number of rotatable bonds is 3. The summed E-state index contributed by atoms with van der Waals surface area (Å²) in [5.74, 6) is -1.47. The van der Waals surface area contributed by atoms with Crippen LogP contribution in [0.3, 0.4) is 0 Å². The second-order valence-electron chi connectivity index (χ2n) is 5.53. The van der Waals surface area contributed by atoms with Gasteiger partial charge in [0.2, 0.25) is 0 Å². The Kier molecular flexibility index (Phi) is 4.20. The second kappa shape index (κ2) is 6.40. The average molecular weight is 438 g/mol. The zero-order valence-electron chi connectivity index (χ0n) is 12.9. The molecule has 0 aliphatic carbocycles. The summed E-state index contributed by atoms with van der Waals surface area (Å²) < 4.78 is 34.7. The SMILES string of the molecule is O=c1cc(C(S)c2cccc(F)c2F)nc2cc(-c3ccc(Br)o3)[nH]n12. The number of halogens is 3. The number of nitrogens with zero attached hydrogens (tertiary/aromatic N) is 2. The Bertz CT molecular complexity index is 1180. The Morgan fingerprint density at radius 1 is 1.23 bits per heavy atom. The second-order valence-corrected chi connectivity index (χ2v) is 6.83. The molecule has 0 saturated carbocycles. The first kappa shape index (κ1) is 17.0. The van der Waals surface area contributed by atoms with E-state index in [0.29, 0.717) is 21.8 Å². The van der Waals surface area contributed by atoms with Gasteiger partial charge >= 0.3 is 0 Å². The number of fused-ring (bicyclic) bond motifs is 1. The highest BCUT2D eigenvalue weighted by atomic mass is 79.9. The standard InChI is InChI=1S/C17H10BrF2N3O2S/c18-13-5-4-12(25-13)10-6-14-21-11(7-15(24)23(14)22-10)17(26)8-2-1-3-9(19)16(8)20/h1-7,17,22,26H. The van der Waals surface area contributed by atoms with E-state index in [1.54, 1.807) is 18.2 Å². The molecule has 0 aliphatic rings. The summed E-state index contributed by atoms with van der Waals surface area (Å²) in [5, 5.41) is 2.00. The molecule has 4 aromatic rings. The van der Waals surface area contributed by atoms with Gasteiger partial charge in [-0.1, -0.05) is 12.1 Å². The van der Waals surface area contributed by atoms with Crippen LogP contribution in [0.25, 0.3) is 17.1 Å². The molecular weight excluding hydrogens is 428 g/mol. The first-order valence-electron chi connectivity index (χ1n) is 7.44. The summed E-state index contributed by atoms with van der Waals surface area (Å²) in [5.41, 5.74) is 0.679. The van der Waals surface area contributed by atoms with Crippen molar-refractivity contribution in [1.29, 1.82) is 0 Å². The maximum atomic E-state index is 14.0. The maximum absolute atomic E-state index is 14.0. The Labute approximate surface area is 159 Å². The number of thiol groups is 1. The maximum Gasteiger partial charge on any atom is 0.272 e. The highest BCUT2D eigenvalue weighted by Crippen LogP contribution is 2.30. The van der Waals surface area contributed by atoms with Crippen molar-refractivity contribution in [1.82, 2.24) is 14.6 Å². The molecule has 3 heterocycles. The van der Waals surface area contributed by atoms with E-state index in [2.05, 4.69) is 38.6 Å². The molecule has 0 bridgehead atoms. The van der Waals surface area contributed by atoms with E-state index in [0.717, 1.165) is 6.07 Å². The van der Waals surface area contributed by atoms with E-state index in [4.69, 9.17) is 4.42 Å². The highest BCUT2D eigenvalue weighted by molar-refractivity contribution is 9.10. The van der Waals surface area contributed by atoms with E-state index >= 15 is 0 Å². The van der Waals surface area contributed by atoms with E-state index in [1.165, 1.54) is 22.7 Å². The molecule has 4 rings (SSSR count). The molecule has 132 valence electrons. The average Bonchev–Trinajstić information content (AvgIpc) is 3.23. The zero-order valence-corrected chi connectivity index (χ0v) is 15.4. The lowest BCUT2D eigenvalue weighted by Crippen LogP contribution is -2.16. The van der Waals surface area contributed by atoms with Crippen LogP contribution in [0, 0.1) is 11.6 Å². The van der Waals surface area contributed by atoms with Crippen LogP contribution in [-0.2, 0) is 0 Å². The summed E-state index contributed by atoms with van der Waals surface area (Å²) >= 11 is 7.54. The van der Waals surface area contributed by atoms with Crippen LogP contribution >= 0.6 is 28.6 Å². The van der Waals surface area contributed by atoms with Crippen molar-refractivity contribution in [2.45, 2.75) is 5.25 Å². The number of aromatic amines is 1. The molecule has 0 aliphatic heterocycles. The summed E-state index contributed by atoms with van der Waals surface area (Å²) in [6, 6.07) is 10.1. The van der Waals surface area contributed by atoms with Crippen LogP contribution in [0.5, 0.6) is 0 Å². The predicted octanol–water partition coefficient (Wildman–Crippen LogP) is 4.34. The number of nitrogens with one attached hydrogen (secondary N) is 1. The Hall–Kier alpha value is -2.39. The summed E-state index contributed by atoms with van der Waals surface area (Å²) in [6.07, 6.45) is 0. The molecule has 26 heavy (non-hydrogen) atoms. The molecule has 0 amide bonds. The number of H-pyrrole nitrogens is 1. The van der Waals surface area contributed by atoms with Crippen LogP contribution in [0.2, 0.25) is 0 Å². The van der Waals surface area contributed by atoms with Gasteiger partial charge in [0.25, 0.3) is 5.56 Å². The molecule has 5 nitrogen and oxygen atoms in total. The molecule has 3 aromatic heterocycles. The zero-order chi connectivity index (χ0) is 18.4. The molecule has 0 spiro atoms. The lowest BCUT2D eigenvalue weighted by Gasteiger charge is -2.11. The predicted molar refractivity (Wildman–Crippen MR) is 98.4 cm³/mol. The molecule has 9 heteroatoms. The molecular formula is C17H10BrF2N3O2S. The number of furan rings is 1. The minimum absolute atomic E-state index is 0.00954. The molecule has 1 atom stereocenters. The van der Waals surface area contributed by atoms with Crippen molar-refractivity contribution in [3.05, 3.63) is 80.4 Å². The number of hydrogen-bond donors (Lipinski definition) is 2. The lowest BCUT2D eigenvalue weighted by atomic mass is 10.1. The van der Waals surface area contributed by atoms with Gasteiger partial charge in [-0.3, -0.25) is 9.89 Å². The monoisotopic (exact) mass is 437 g/mol. The topological polar surface area (TPSA) is 63.3 Å². The molecule has 1 N–H and O–H groups in total. The fraction of sp³-hybridized carbons (Fsp3) is 0.0588. The number of hydrogen-bond acceptors (Lipinski definition) is 4. The van der Waals surface area contributed by atoms with Crippen molar-refractivity contribution in [3.8, 4) is 11.5 Å². The van der Waals surface area contributed by atoms with Crippen molar-refractivity contribution in [3.63, 3.8) is 0 Å². The Balaban J connectivity index is 1.82. The fourth-order valence-electron chi connectivity index (χ4n) is 2.63. The third-order valence-electron chi connectivity index (χ3n) is 3.87. The largest absolute Gasteiger partial charge is 0.448 e. The fourth-order valence-corrected chi connectivity index (χ4v) is 3.26. The van der Waals surface area contributed by atoms with E-state index in [-0.39, 0.29) is 11.3 Å². The van der Waals surface area contributed by atoms with Gasteiger partial charge in [-0.05, 0) is 34.1 Å². The number of benzene rings is 1. The van der Waals surface area contributed by atoms with Gasteiger partial charge < -0.3 is 4.42 Å². The highest BCUT2D eigenvalue weighted by Gasteiger charge is 2.20.